The van der Waals surface area contributed by atoms with E-state index in [0.29, 0.717) is 15.8 Å². The Morgan fingerprint density at radius 3 is 2.64 bits per heavy atom. The molecule has 0 saturated heterocycles. The van der Waals surface area contributed by atoms with Crippen LogP contribution in [0.4, 0.5) is 0 Å². The summed E-state index contributed by atoms with van der Waals surface area (Å²) in [4.78, 5) is 10.6. The second kappa shape index (κ2) is 4.53. The Bertz CT molecular complexity index is 355. The summed E-state index contributed by atoms with van der Waals surface area (Å²) in [6.07, 6.45) is -0.825. The van der Waals surface area contributed by atoms with Gasteiger partial charge in [0.1, 0.15) is 5.75 Å². The maximum atomic E-state index is 10.6. The summed E-state index contributed by atoms with van der Waals surface area (Å²) in [7, 11) is 0. The molecule has 1 rings (SSSR count). The quantitative estimate of drug-likeness (QED) is 0.805. The topological polar surface area (TPSA) is 50.1 Å². The summed E-state index contributed by atoms with van der Waals surface area (Å²) in [5.74, 6) is -0.444. The number of carbonyl (C=O) groups is 1. The number of amides is 1. The van der Waals surface area contributed by atoms with E-state index < -0.39 is 12.0 Å². The predicted molar refractivity (Wildman–Crippen MR) is 54.7 cm³/mol. The Morgan fingerprint density at radius 2 is 2.14 bits per heavy atom. The normalized spacial score (nSPS) is 12.2. The highest BCUT2D eigenvalue weighted by Crippen LogP contribution is 2.28. The van der Waals surface area contributed by atoms with E-state index in [4.69, 9.17) is 33.7 Å². The Balaban J connectivity index is 2.82. The SMILES string of the molecule is CC(Oc1ccc(Cl)cc1Cl)C([NH])=O. The van der Waals surface area contributed by atoms with E-state index >= 15 is 0 Å². The van der Waals surface area contributed by atoms with E-state index in [2.05, 4.69) is 0 Å². The number of rotatable bonds is 3. The average molecular weight is 233 g/mol. The van der Waals surface area contributed by atoms with Crippen molar-refractivity contribution in [1.82, 2.24) is 5.73 Å². The van der Waals surface area contributed by atoms with Crippen molar-refractivity contribution in [2.75, 3.05) is 0 Å². The van der Waals surface area contributed by atoms with Crippen molar-refractivity contribution >= 4 is 29.1 Å². The second-order valence-corrected chi connectivity index (χ2v) is 3.54. The number of halogens is 2. The third kappa shape index (κ3) is 2.79. The average Bonchev–Trinajstić information content (AvgIpc) is 2.09. The maximum Gasteiger partial charge on any atom is 0.279 e. The number of benzene rings is 1. The van der Waals surface area contributed by atoms with E-state index in [1.807, 2.05) is 0 Å². The molecule has 14 heavy (non-hydrogen) atoms. The molecule has 0 spiro atoms. The molecule has 0 saturated carbocycles. The van der Waals surface area contributed by atoms with E-state index in [-0.39, 0.29) is 0 Å². The van der Waals surface area contributed by atoms with Gasteiger partial charge in [0, 0.05) is 5.02 Å². The number of ether oxygens (including phenoxy) is 1. The van der Waals surface area contributed by atoms with Crippen LogP contribution in [-0.2, 0) is 4.79 Å². The first-order valence-corrected chi connectivity index (χ1v) is 4.63. The van der Waals surface area contributed by atoms with Gasteiger partial charge in [-0.2, -0.15) is 0 Å². The molecule has 1 amide bonds. The fraction of sp³-hybridized carbons (Fsp3) is 0.222. The summed E-state index contributed by atoms with van der Waals surface area (Å²) >= 11 is 11.5. The van der Waals surface area contributed by atoms with Gasteiger partial charge in [-0.25, -0.2) is 0 Å². The molecule has 1 radical (unpaired) electrons. The van der Waals surface area contributed by atoms with Crippen LogP contribution < -0.4 is 10.5 Å². The van der Waals surface area contributed by atoms with Gasteiger partial charge >= 0.3 is 0 Å². The lowest BCUT2D eigenvalue weighted by atomic mass is 10.3. The minimum absolute atomic E-state index is 0.325. The smallest absolute Gasteiger partial charge is 0.279 e. The van der Waals surface area contributed by atoms with Gasteiger partial charge in [0.15, 0.2) is 6.10 Å². The van der Waals surface area contributed by atoms with Crippen LogP contribution in [0.15, 0.2) is 18.2 Å². The van der Waals surface area contributed by atoms with Crippen molar-refractivity contribution in [2.24, 2.45) is 0 Å². The third-order valence-electron chi connectivity index (χ3n) is 1.57. The van der Waals surface area contributed by atoms with Crippen LogP contribution >= 0.6 is 23.2 Å². The van der Waals surface area contributed by atoms with Crippen molar-refractivity contribution in [3.8, 4) is 5.75 Å². The van der Waals surface area contributed by atoms with E-state index in [0.717, 1.165) is 0 Å². The summed E-state index contributed by atoms with van der Waals surface area (Å²) in [6, 6.07) is 4.67. The molecular weight excluding hydrogens is 225 g/mol. The molecule has 0 fully saturated rings. The lowest BCUT2D eigenvalue weighted by molar-refractivity contribution is -0.124. The van der Waals surface area contributed by atoms with Crippen molar-refractivity contribution in [3.05, 3.63) is 28.2 Å². The molecule has 75 valence electrons. The zero-order valence-electron chi connectivity index (χ0n) is 7.38. The zero-order chi connectivity index (χ0) is 10.7. The Kier molecular flexibility index (Phi) is 3.61. The Hall–Kier alpha value is -0.930. The van der Waals surface area contributed by atoms with Crippen LogP contribution in [0.1, 0.15) is 6.92 Å². The molecule has 3 nitrogen and oxygen atoms in total. The van der Waals surface area contributed by atoms with Crippen LogP contribution in [0, 0.1) is 0 Å². The first kappa shape index (κ1) is 11.1. The molecule has 1 atom stereocenters. The summed E-state index contributed by atoms with van der Waals surface area (Å²) < 4.78 is 5.13. The molecule has 1 aromatic carbocycles. The minimum atomic E-state index is -0.825. The van der Waals surface area contributed by atoms with Crippen molar-refractivity contribution in [1.29, 1.82) is 0 Å². The highest BCUT2D eigenvalue weighted by atomic mass is 35.5. The molecule has 1 aromatic rings. The van der Waals surface area contributed by atoms with Crippen molar-refractivity contribution in [3.63, 3.8) is 0 Å². The molecular formula is C9H8Cl2NO2. The third-order valence-corrected chi connectivity index (χ3v) is 2.10. The fourth-order valence-corrected chi connectivity index (χ4v) is 1.27. The standard InChI is InChI=1S/C9H8Cl2NO2/c1-5(9(12)13)14-8-3-2-6(10)4-7(8)11/h2-5,12H,1H3. The van der Waals surface area contributed by atoms with Crippen LogP contribution in [0.3, 0.4) is 0 Å². The van der Waals surface area contributed by atoms with Crippen LogP contribution in [-0.4, -0.2) is 12.0 Å². The predicted octanol–water partition coefficient (Wildman–Crippen LogP) is 2.57. The monoisotopic (exact) mass is 232 g/mol. The van der Waals surface area contributed by atoms with Gasteiger partial charge in [-0.1, -0.05) is 23.2 Å². The van der Waals surface area contributed by atoms with Crippen LogP contribution in [0.5, 0.6) is 5.75 Å². The van der Waals surface area contributed by atoms with Gasteiger partial charge in [-0.15, -0.1) is 0 Å². The number of hydrogen-bond acceptors (Lipinski definition) is 2. The molecule has 0 bridgehead atoms. The molecule has 5 heteroatoms. The van der Waals surface area contributed by atoms with Gasteiger partial charge in [-0.3, -0.25) is 10.5 Å². The maximum absolute atomic E-state index is 10.6. The zero-order valence-corrected chi connectivity index (χ0v) is 8.89. The lowest BCUT2D eigenvalue weighted by Crippen LogP contribution is -2.24. The number of nitrogens with one attached hydrogen (secondary N) is 1. The van der Waals surface area contributed by atoms with Gasteiger partial charge < -0.3 is 4.74 Å². The molecule has 0 aliphatic heterocycles. The van der Waals surface area contributed by atoms with Crippen molar-refractivity contribution in [2.45, 2.75) is 13.0 Å². The fourth-order valence-electron chi connectivity index (χ4n) is 0.815. The molecule has 0 aliphatic rings. The molecule has 1 unspecified atom stereocenters. The molecule has 1 N–H and O–H groups in total. The van der Waals surface area contributed by atoms with Crippen molar-refractivity contribution < 1.29 is 9.53 Å². The second-order valence-electron chi connectivity index (χ2n) is 2.70. The lowest BCUT2D eigenvalue weighted by Gasteiger charge is -2.11. The molecule has 0 heterocycles. The Morgan fingerprint density at radius 1 is 1.50 bits per heavy atom. The van der Waals surface area contributed by atoms with Crippen LogP contribution in [0.2, 0.25) is 10.0 Å². The van der Waals surface area contributed by atoms with E-state index in [1.54, 1.807) is 12.1 Å². The summed E-state index contributed by atoms with van der Waals surface area (Å²) in [5.41, 5.74) is 6.81. The number of carbonyl (C=O) groups excluding carboxylic acids is 1. The van der Waals surface area contributed by atoms with Gasteiger partial charge in [0.2, 0.25) is 0 Å². The van der Waals surface area contributed by atoms with E-state index in [1.165, 1.54) is 13.0 Å². The van der Waals surface area contributed by atoms with E-state index in [9.17, 15) is 4.79 Å². The van der Waals surface area contributed by atoms with Gasteiger partial charge in [0.05, 0.1) is 5.02 Å². The largest absolute Gasteiger partial charge is 0.479 e. The van der Waals surface area contributed by atoms with Crippen LogP contribution in [0.25, 0.3) is 0 Å². The first-order chi connectivity index (χ1) is 6.50. The summed E-state index contributed by atoms with van der Waals surface area (Å²) in [6.45, 7) is 1.49. The molecule has 0 aliphatic carbocycles. The number of hydrogen-bond donors (Lipinski definition) is 0. The Labute approximate surface area is 91.7 Å². The summed E-state index contributed by atoms with van der Waals surface area (Å²) in [5, 5.41) is 0.817. The highest BCUT2D eigenvalue weighted by Gasteiger charge is 2.12. The van der Waals surface area contributed by atoms with Gasteiger partial charge in [0.25, 0.3) is 5.91 Å². The molecule has 0 aromatic heterocycles. The first-order valence-electron chi connectivity index (χ1n) is 3.88. The highest BCUT2D eigenvalue weighted by molar-refractivity contribution is 6.35. The van der Waals surface area contributed by atoms with Gasteiger partial charge in [-0.05, 0) is 25.1 Å². The minimum Gasteiger partial charge on any atom is -0.479 e.